The Morgan fingerprint density at radius 3 is 2.48 bits per heavy atom. The Balaban J connectivity index is 2.11. The van der Waals surface area contributed by atoms with Crippen molar-refractivity contribution in [1.29, 1.82) is 0 Å². The Labute approximate surface area is 127 Å². The zero-order chi connectivity index (χ0) is 14.4. The largest absolute Gasteiger partial charge is 0.327 e. The van der Waals surface area contributed by atoms with E-state index in [1.54, 1.807) is 0 Å². The van der Waals surface area contributed by atoms with Crippen LogP contribution in [0.2, 0.25) is 5.02 Å². The van der Waals surface area contributed by atoms with Gasteiger partial charge in [0.25, 0.3) is 0 Å². The molecular weight excluding hydrogens is 280 g/mol. The molecule has 0 aliphatic heterocycles. The van der Waals surface area contributed by atoms with Crippen LogP contribution in [-0.4, -0.2) is 9.55 Å². The maximum atomic E-state index is 6.29. The first-order valence-corrected chi connectivity index (χ1v) is 7.22. The van der Waals surface area contributed by atoms with Crippen LogP contribution in [0.3, 0.4) is 0 Å². The molecule has 0 unspecified atom stereocenters. The average molecular weight is 293 g/mol. The minimum Gasteiger partial charge on any atom is -0.327 e. The standard InChI is InChI=1S/C18H13ClN2/c1-21-16-11-10-13-14(8-5-9-15(13)19)17(16)20-18(21)12-6-3-2-4-7-12/h2-11H,1H3. The summed E-state index contributed by atoms with van der Waals surface area (Å²) in [6, 6.07) is 20.4. The van der Waals surface area contributed by atoms with Gasteiger partial charge in [-0.3, -0.25) is 0 Å². The number of rotatable bonds is 1. The van der Waals surface area contributed by atoms with Crippen molar-refractivity contribution in [3.05, 3.63) is 65.7 Å². The second-order valence-electron chi connectivity index (χ2n) is 5.13. The summed E-state index contributed by atoms with van der Waals surface area (Å²) < 4.78 is 2.13. The highest BCUT2D eigenvalue weighted by atomic mass is 35.5. The lowest BCUT2D eigenvalue weighted by atomic mass is 10.1. The summed E-state index contributed by atoms with van der Waals surface area (Å²) >= 11 is 6.29. The van der Waals surface area contributed by atoms with Crippen molar-refractivity contribution < 1.29 is 0 Å². The van der Waals surface area contributed by atoms with Gasteiger partial charge in [-0.15, -0.1) is 0 Å². The summed E-state index contributed by atoms with van der Waals surface area (Å²) in [6.45, 7) is 0. The fourth-order valence-electron chi connectivity index (χ4n) is 2.82. The molecule has 1 heterocycles. The Morgan fingerprint density at radius 2 is 1.67 bits per heavy atom. The van der Waals surface area contributed by atoms with Crippen LogP contribution in [0, 0.1) is 0 Å². The quantitative estimate of drug-likeness (QED) is 0.480. The lowest BCUT2D eigenvalue weighted by Crippen LogP contribution is -1.91. The van der Waals surface area contributed by atoms with Crippen LogP contribution < -0.4 is 0 Å². The summed E-state index contributed by atoms with van der Waals surface area (Å²) in [4.78, 5) is 4.86. The fraction of sp³-hybridized carbons (Fsp3) is 0.0556. The molecule has 0 bridgehead atoms. The van der Waals surface area contributed by atoms with Crippen molar-refractivity contribution >= 4 is 33.4 Å². The van der Waals surface area contributed by atoms with Crippen molar-refractivity contribution in [2.24, 2.45) is 7.05 Å². The molecule has 3 heteroatoms. The molecule has 0 spiro atoms. The monoisotopic (exact) mass is 292 g/mol. The van der Waals surface area contributed by atoms with Crippen molar-refractivity contribution in [1.82, 2.24) is 9.55 Å². The van der Waals surface area contributed by atoms with E-state index in [-0.39, 0.29) is 0 Å². The third-order valence-electron chi connectivity index (χ3n) is 3.89. The topological polar surface area (TPSA) is 17.8 Å². The van der Waals surface area contributed by atoms with E-state index < -0.39 is 0 Å². The second-order valence-corrected chi connectivity index (χ2v) is 5.54. The van der Waals surface area contributed by atoms with Gasteiger partial charge < -0.3 is 4.57 Å². The molecular formula is C18H13ClN2. The third kappa shape index (κ3) is 1.83. The van der Waals surface area contributed by atoms with Gasteiger partial charge >= 0.3 is 0 Å². The van der Waals surface area contributed by atoms with E-state index in [2.05, 4.69) is 34.9 Å². The number of benzene rings is 3. The van der Waals surface area contributed by atoms with Crippen LogP contribution in [-0.2, 0) is 7.05 Å². The fourth-order valence-corrected chi connectivity index (χ4v) is 3.06. The average Bonchev–Trinajstić information content (AvgIpc) is 2.86. The highest BCUT2D eigenvalue weighted by Gasteiger charge is 2.12. The number of aryl methyl sites for hydroxylation is 1. The van der Waals surface area contributed by atoms with Crippen molar-refractivity contribution in [3.63, 3.8) is 0 Å². The normalized spacial score (nSPS) is 11.3. The molecule has 3 aromatic carbocycles. The number of halogens is 1. The predicted octanol–water partition coefficient (Wildman–Crippen LogP) is 5.05. The molecule has 2 nitrogen and oxygen atoms in total. The van der Waals surface area contributed by atoms with Gasteiger partial charge in [0.1, 0.15) is 5.82 Å². The number of hydrogen-bond donors (Lipinski definition) is 0. The first-order valence-electron chi connectivity index (χ1n) is 6.85. The van der Waals surface area contributed by atoms with Crippen LogP contribution >= 0.6 is 11.6 Å². The maximum absolute atomic E-state index is 6.29. The van der Waals surface area contributed by atoms with E-state index in [0.717, 1.165) is 38.2 Å². The van der Waals surface area contributed by atoms with Crippen LogP contribution in [0.1, 0.15) is 0 Å². The summed E-state index contributed by atoms with van der Waals surface area (Å²) in [6.07, 6.45) is 0. The number of fused-ring (bicyclic) bond motifs is 3. The predicted molar refractivity (Wildman–Crippen MR) is 88.7 cm³/mol. The summed E-state index contributed by atoms with van der Waals surface area (Å²) in [5.41, 5.74) is 3.23. The third-order valence-corrected chi connectivity index (χ3v) is 4.22. The molecule has 0 saturated carbocycles. The SMILES string of the molecule is Cn1c(-c2ccccc2)nc2c3cccc(Cl)c3ccc21. The highest BCUT2D eigenvalue weighted by molar-refractivity contribution is 6.36. The van der Waals surface area contributed by atoms with Gasteiger partial charge in [-0.2, -0.15) is 0 Å². The van der Waals surface area contributed by atoms with Gasteiger partial charge in [0.05, 0.1) is 11.0 Å². The molecule has 0 fully saturated rings. The molecule has 102 valence electrons. The Morgan fingerprint density at radius 1 is 0.857 bits per heavy atom. The van der Waals surface area contributed by atoms with Crippen LogP contribution in [0.5, 0.6) is 0 Å². The number of aromatic nitrogens is 2. The van der Waals surface area contributed by atoms with Gasteiger partial charge in [-0.05, 0) is 12.1 Å². The van der Waals surface area contributed by atoms with Gasteiger partial charge in [0, 0.05) is 28.4 Å². The zero-order valence-electron chi connectivity index (χ0n) is 11.5. The molecule has 1 aromatic heterocycles. The van der Waals surface area contributed by atoms with E-state index in [1.807, 2.05) is 37.4 Å². The number of nitrogens with zero attached hydrogens (tertiary/aromatic N) is 2. The van der Waals surface area contributed by atoms with Crippen molar-refractivity contribution in [2.45, 2.75) is 0 Å². The Kier molecular flexibility index (Phi) is 2.72. The van der Waals surface area contributed by atoms with E-state index in [0.29, 0.717) is 0 Å². The highest BCUT2D eigenvalue weighted by Crippen LogP contribution is 2.32. The lowest BCUT2D eigenvalue weighted by Gasteiger charge is -2.03. The summed E-state index contributed by atoms with van der Waals surface area (Å²) in [5.74, 6) is 0.970. The first kappa shape index (κ1) is 12.4. The van der Waals surface area contributed by atoms with Crippen LogP contribution in [0.25, 0.3) is 33.2 Å². The minimum absolute atomic E-state index is 0.765. The van der Waals surface area contributed by atoms with Gasteiger partial charge in [0.15, 0.2) is 0 Å². The molecule has 4 aromatic rings. The van der Waals surface area contributed by atoms with Crippen molar-refractivity contribution in [3.8, 4) is 11.4 Å². The molecule has 4 rings (SSSR count). The number of hydrogen-bond acceptors (Lipinski definition) is 1. The maximum Gasteiger partial charge on any atom is 0.140 e. The first-order chi connectivity index (χ1) is 10.3. The molecule has 21 heavy (non-hydrogen) atoms. The molecule has 0 radical (unpaired) electrons. The molecule has 0 amide bonds. The van der Waals surface area contributed by atoms with E-state index in [1.165, 1.54) is 0 Å². The molecule has 0 aliphatic rings. The van der Waals surface area contributed by atoms with E-state index in [4.69, 9.17) is 16.6 Å². The smallest absolute Gasteiger partial charge is 0.140 e. The lowest BCUT2D eigenvalue weighted by molar-refractivity contribution is 0.959. The molecule has 0 aliphatic carbocycles. The Bertz CT molecular complexity index is 955. The van der Waals surface area contributed by atoms with Gasteiger partial charge in [-0.25, -0.2) is 4.98 Å². The summed E-state index contributed by atoms with van der Waals surface area (Å²) in [7, 11) is 2.05. The number of imidazole rings is 1. The van der Waals surface area contributed by atoms with E-state index >= 15 is 0 Å². The van der Waals surface area contributed by atoms with Gasteiger partial charge in [0.2, 0.25) is 0 Å². The van der Waals surface area contributed by atoms with Crippen molar-refractivity contribution in [2.75, 3.05) is 0 Å². The zero-order valence-corrected chi connectivity index (χ0v) is 12.3. The van der Waals surface area contributed by atoms with Crippen LogP contribution in [0.15, 0.2) is 60.7 Å². The molecule has 0 N–H and O–H groups in total. The summed E-state index contributed by atoms with van der Waals surface area (Å²) in [5, 5.41) is 2.91. The molecule has 0 saturated heterocycles. The van der Waals surface area contributed by atoms with Gasteiger partial charge in [-0.1, -0.05) is 60.1 Å². The second kappa shape index (κ2) is 4.61. The Hall–Kier alpha value is -2.32. The van der Waals surface area contributed by atoms with Crippen LogP contribution in [0.4, 0.5) is 0 Å². The minimum atomic E-state index is 0.765. The van der Waals surface area contributed by atoms with E-state index in [9.17, 15) is 0 Å². The molecule has 0 atom stereocenters.